The molecule has 1 rings (SSSR count). The van der Waals surface area contributed by atoms with Gasteiger partial charge < -0.3 is 20.1 Å². The number of rotatable bonds is 4. The third-order valence-electron chi connectivity index (χ3n) is 3.13. The summed E-state index contributed by atoms with van der Waals surface area (Å²) in [7, 11) is 0. The minimum Gasteiger partial charge on any atom is -0.380 e. The van der Waals surface area contributed by atoms with Crippen molar-refractivity contribution in [1.82, 2.24) is 10.2 Å². The lowest BCUT2D eigenvalue weighted by molar-refractivity contribution is -0.271. The molecule has 1 fully saturated rings. The first-order chi connectivity index (χ1) is 8.80. The molecular formula is C11H19F3N2O3. The number of urea groups is 1. The molecular weight excluding hydrogens is 265 g/mol. The Morgan fingerprint density at radius 2 is 2.00 bits per heavy atom. The van der Waals surface area contributed by atoms with E-state index in [0.717, 1.165) is 0 Å². The van der Waals surface area contributed by atoms with Crippen molar-refractivity contribution in [2.45, 2.75) is 31.5 Å². The van der Waals surface area contributed by atoms with E-state index in [9.17, 15) is 23.1 Å². The summed E-state index contributed by atoms with van der Waals surface area (Å²) < 4.78 is 42.7. The number of alkyl halides is 3. The molecule has 1 aliphatic rings. The molecule has 0 aliphatic carbocycles. The second-order valence-corrected chi connectivity index (χ2v) is 4.45. The molecule has 2 amide bonds. The highest BCUT2D eigenvalue weighted by molar-refractivity contribution is 5.74. The quantitative estimate of drug-likeness (QED) is 0.761. The van der Waals surface area contributed by atoms with E-state index in [2.05, 4.69) is 5.32 Å². The van der Waals surface area contributed by atoms with Gasteiger partial charge in [-0.25, -0.2) is 4.79 Å². The maximum Gasteiger partial charge on any atom is 0.417 e. The zero-order valence-corrected chi connectivity index (χ0v) is 10.8. The van der Waals surface area contributed by atoms with Crippen molar-refractivity contribution in [3.63, 3.8) is 0 Å². The zero-order chi connectivity index (χ0) is 14.5. The smallest absolute Gasteiger partial charge is 0.380 e. The fourth-order valence-electron chi connectivity index (χ4n) is 1.85. The van der Waals surface area contributed by atoms with Crippen molar-refractivity contribution in [2.24, 2.45) is 0 Å². The summed E-state index contributed by atoms with van der Waals surface area (Å²) in [5.74, 6) is 0. The molecule has 0 aromatic carbocycles. The molecule has 0 aromatic rings. The predicted octanol–water partition coefficient (Wildman–Crippen LogP) is 1.12. The number of carbonyl (C=O) groups is 1. The molecule has 5 nitrogen and oxygen atoms in total. The van der Waals surface area contributed by atoms with Crippen LogP contribution in [0.5, 0.6) is 0 Å². The first-order valence-corrected chi connectivity index (χ1v) is 6.20. The maximum atomic E-state index is 12.6. The third-order valence-corrected chi connectivity index (χ3v) is 3.13. The summed E-state index contributed by atoms with van der Waals surface area (Å²) in [6.45, 7) is 2.81. The predicted molar refractivity (Wildman–Crippen MR) is 61.7 cm³/mol. The van der Waals surface area contributed by atoms with Gasteiger partial charge in [-0.2, -0.15) is 13.2 Å². The van der Waals surface area contributed by atoms with Crippen LogP contribution in [0.25, 0.3) is 0 Å². The van der Waals surface area contributed by atoms with E-state index in [4.69, 9.17) is 4.74 Å². The van der Waals surface area contributed by atoms with Crippen molar-refractivity contribution in [3.8, 4) is 0 Å². The number of nitrogens with zero attached hydrogens (tertiary/aromatic N) is 1. The van der Waals surface area contributed by atoms with Crippen LogP contribution in [0.3, 0.4) is 0 Å². The molecule has 0 bridgehead atoms. The van der Waals surface area contributed by atoms with E-state index in [-0.39, 0.29) is 13.1 Å². The van der Waals surface area contributed by atoms with Crippen molar-refractivity contribution in [3.05, 3.63) is 0 Å². The fraction of sp³-hybridized carbons (Fsp3) is 0.909. The van der Waals surface area contributed by atoms with Gasteiger partial charge in [0, 0.05) is 39.1 Å². The van der Waals surface area contributed by atoms with E-state index >= 15 is 0 Å². The lowest BCUT2D eigenvalue weighted by Crippen LogP contribution is -2.56. The summed E-state index contributed by atoms with van der Waals surface area (Å²) in [6.07, 6.45) is -5.63. The number of aliphatic hydroxyl groups is 1. The van der Waals surface area contributed by atoms with Gasteiger partial charge in [-0.1, -0.05) is 0 Å². The molecule has 0 aromatic heterocycles. The largest absolute Gasteiger partial charge is 0.417 e. The first-order valence-electron chi connectivity index (χ1n) is 6.20. The number of halogens is 3. The van der Waals surface area contributed by atoms with Gasteiger partial charge in [-0.15, -0.1) is 0 Å². The monoisotopic (exact) mass is 284 g/mol. The Hall–Kier alpha value is -1.02. The summed E-state index contributed by atoms with van der Waals surface area (Å²) in [5.41, 5.74) is -2.67. The normalized spacial score (nSPS) is 19.3. The Balaban J connectivity index is 2.35. The van der Waals surface area contributed by atoms with Crippen LogP contribution in [0.1, 0.15) is 19.8 Å². The van der Waals surface area contributed by atoms with Crippen LogP contribution >= 0.6 is 0 Å². The first kappa shape index (κ1) is 16.0. The zero-order valence-electron chi connectivity index (χ0n) is 10.8. The number of hydrogen-bond acceptors (Lipinski definition) is 3. The number of ether oxygens (including phenoxy) is 1. The Morgan fingerprint density at radius 1 is 1.42 bits per heavy atom. The molecule has 19 heavy (non-hydrogen) atoms. The van der Waals surface area contributed by atoms with Crippen LogP contribution in [0.15, 0.2) is 0 Å². The van der Waals surface area contributed by atoms with E-state index in [1.165, 1.54) is 4.90 Å². The van der Waals surface area contributed by atoms with Crippen molar-refractivity contribution in [1.29, 1.82) is 0 Å². The summed E-state index contributed by atoms with van der Waals surface area (Å²) in [6, 6.07) is -0.427. The highest BCUT2D eigenvalue weighted by atomic mass is 19.4. The molecule has 1 saturated heterocycles. The molecule has 8 heteroatoms. The number of nitrogens with one attached hydrogen (secondary N) is 1. The van der Waals surface area contributed by atoms with Crippen LogP contribution in [0, 0.1) is 0 Å². The second kappa shape index (κ2) is 6.42. The van der Waals surface area contributed by atoms with Crippen LogP contribution in [0.4, 0.5) is 18.0 Å². The molecule has 0 unspecified atom stereocenters. The van der Waals surface area contributed by atoms with Gasteiger partial charge >= 0.3 is 12.2 Å². The second-order valence-electron chi connectivity index (χ2n) is 4.45. The number of piperidine rings is 1. The highest BCUT2D eigenvalue weighted by Crippen LogP contribution is 2.38. The number of carbonyl (C=O) groups excluding carboxylic acids is 1. The molecule has 0 radical (unpaired) electrons. The third kappa shape index (κ3) is 4.24. The molecule has 0 spiro atoms. The Bertz CT molecular complexity index is 302. The Labute approximate surface area is 109 Å². The van der Waals surface area contributed by atoms with Gasteiger partial charge in [-0.3, -0.25) is 0 Å². The van der Waals surface area contributed by atoms with Crippen molar-refractivity contribution in [2.75, 3.05) is 32.8 Å². The topological polar surface area (TPSA) is 61.8 Å². The van der Waals surface area contributed by atoms with Gasteiger partial charge in [0.15, 0.2) is 5.60 Å². The summed E-state index contributed by atoms with van der Waals surface area (Å²) in [5, 5.41) is 12.0. The lowest BCUT2D eigenvalue weighted by Gasteiger charge is -2.38. The van der Waals surface area contributed by atoms with Gasteiger partial charge in [0.1, 0.15) is 0 Å². The molecule has 2 N–H and O–H groups in total. The molecule has 1 aliphatic heterocycles. The van der Waals surface area contributed by atoms with Gasteiger partial charge in [0.2, 0.25) is 0 Å². The van der Waals surface area contributed by atoms with Gasteiger partial charge in [0.05, 0.1) is 6.61 Å². The Kier molecular flexibility index (Phi) is 5.42. The standard InChI is InChI=1S/C11H19F3N2O3/c1-2-19-8-5-15-9(17)16-6-3-10(18,4-7-16)11(12,13)14/h18H,2-8H2,1H3,(H,15,17). The van der Waals surface area contributed by atoms with Crippen LogP contribution in [-0.4, -0.2) is 60.7 Å². The van der Waals surface area contributed by atoms with Crippen molar-refractivity contribution >= 4 is 6.03 Å². The fourth-order valence-corrected chi connectivity index (χ4v) is 1.85. The maximum absolute atomic E-state index is 12.6. The van der Waals surface area contributed by atoms with Crippen LogP contribution in [0.2, 0.25) is 0 Å². The van der Waals surface area contributed by atoms with Gasteiger partial charge in [-0.05, 0) is 6.92 Å². The van der Waals surface area contributed by atoms with E-state index in [1.807, 2.05) is 6.92 Å². The van der Waals surface area contributed by atoms with E-state index in [1.54, 1.807) is 0 Å². The summed E-state index contributed by atoms with van der Waals surface area (Å²) in [4.78, 5) is 12.9. The van der Waals surface area contributed by atoms with E-state index < -0.39 is 30.7 Å². The minimum absolute atomic E-state index is 0.115. The average molecular weight is 284 g/mol. The number of amides is 2. The summed E-state index contributed by atoms with van der Waals surface area (Å²) >= 11 is 0. The van der Waals surface area contributed by atoms with Crippen LogP contribution < -0.4 is 5.32 Å². The number of hydrogen-bond donors (Lipinski definition) is 2. The van der Waals surface area contributed by atoms with Gasteiger partial charge in [0.25, 0.3) is 0 Å². The average Bonchev–Trinajstić information content (AvgIpc) is 2.34. The molecule has 112 valence electrons. The highest BCUT2D eigenvalue weighted by Gasteiger charge is 2.54. The Morgan fingerprint density at radius 3 is 2.47 bits per heavy atom. The SMILES string of the molecule is CCOCCNC(=O)N1CCC(O)(C(F)(F)F)CC1. The van der Waals surface area contributed by atoms with Crippen LogP contribution in [-0.2, 0) is 4.74 Å². The van der Waals surface area contributed by atoms with Crippen molar-refractivity contribution < 1.29 is 27.8 Å². The molecule has 0 atom stereocenters. The number of likely N-dealkylation sites (tertiary alicyclic amines) is 1. The molecule has 0 saturated carbocycles. The lowest BCUT2D eigenvalue weighted by atomic mass is 9.91. The molecule has 1 heterocycles. The van der Waals surface area contributed by atoms with E-state index in [0.29, 0.717) is 19.8 Å². The minimum atomic E-state index is -4.65.